The highest BCUT2D eigenvalue weighted by molar-refractivity contribution is 7.13. The number of likely N-dealkylation sites (tertiary alicyclic amines) is 1. The minimum Gasteiger partial charge on any atom is -0.351 e. The molecule has 5 nitrogen and oxygen atoms in total. The summed E-state index contributed by atoms with van der Waals surface area (Å²) in [6.45, 7) is 2.83. The van der Waals surface area contributed by atoms with Crippen molar-refractivity contribution in [2.45, 2.75) is 19.8 Å². The van der Waals surface area contributed by atoms with Gasteiger partial charge in [-0.25, -0.2) is 0 Å². The molecule has 4 atom stereocenters. The van der Waals surface area contributed by atoms with Crippen LogP contribution in [0, 0.1) is 30.6 Å². The van der Waals surface area contributed by atoms with Crippen LogP contribution in [0.1, 0.15) is 27.4 Å². The molecule has 1 aliphatic heterocycles. The van der Waals surface area contributed by atoms with Crippen LogP contribution in [0.3, 0.4) is 0 Å². The maximum atomic E-state index is 12.5. The van der Waals surface area contributed by atoms with E-state index in [0.29, 0.717) is 24.4 Å². The van der Waals surface area contributed by atoms with Gasteiger partial charge >= 0.3 is 0 Å². The Morgan fingerprint density at radius 2 is 1.88 bits per heavy atom. The zero-order valence-corrected chi connectivity index (χ0v) is 14.3. The number of amides is 3. The van der Waals surface area contributed by atoms with Crippen molar-refractivity contribution in [3.8, 4) is 0 Å². The van der Waals surface area contributed by atoms with Crippen molar-refractivity contribution in [3.63, 3.8) is 0 Å². The van der Waals surface area contributed by atoms with Crippen LogP contribution >= 0.6 is 11.3 Å². The molecule has 0 aromatic carbocycles. The minimum atomic E-state index is -0.129. The van der Waals surface area contributed by atoms with Crippen molar-refractivity contribution >= 4 is 29.1 Å². The molecular formula is C18H20N2O3S. The van der Waals surface area contributed by atoms with E-state index in [-0.39, 0.29) is 41.4 Å². The number of thiophene rings is 1. The Labute approximate surface area is 144 Å². The summed E-state index contributed by atoms with van der Waals surface area (Å²) in [5.74, 6) is 0.134. The lowest BCUT2D eigenvalue weighted by Crippen LogP contribution is -2.35. The van der Waals surface area contributed by atoms with Crippen molar-refractivity contribution in [2.75, 3.05) is 13.1 Å². The quantitative estimate of drug-likeness (QED) is 0.505. The van der Waals surface area contributed by atoms with Gasteiger partial charge in [-0.2, -0.15) is 0 Å². The van der Waals surface area contributed by atoms with Crippen molar-refractivity contribution in [3.05, 3.63) is 34.0 Å². The topological polar surface area (TPSA) is 66.5 Å². The highest BCUT2D eigenvalue weighted by Gasteiger charge is 2.58. The molecule has 6 heteroatoms. The number of rotatable bonds is 5. The predicted molar refractivity (Wildman–Crippen MR) is 90.4 cm³/mol. The van der Waals surface area contributed by atoms with Crippen LogP contribution in [0.4, 0.5) is 0 Å². The molecule has 2 fully saturated rings. The van der Waals surface area contributed by atoms with Crippen LogP contribution in [0.15, 0.2) is 24.3 Å². The summed E-state index contributed by atoms with van der Waals surface area (Å²) in [5.41, 5.74) is 0. The number of allylic oxidation sites excluding steroid dienone is 2. The number of nitrogens with one attached hydrogen (secondary N) is 1. The Bertz CT molecular complexity index is 708. The monoisotopic (exact) mass is 344 g/mol. The maximum Gasteiger partial charge on any atom is 0.261 e. The van der Waals surface area contributed by atoms with Crippen LogP contribution in [-0.2, 0) is 9.59 Å². The summed E-state index contributed by atoms with van der Waals surface area (Å²) >= 11 is 1.46. The fraction of sp³-hybridized carbons (Fsp3) is 0.500. The molecule has 0 unspecified atom stereocenters. The predicted octanol–water partition coefficient (Wildman–Crippen LogP) is 1.98. The molecule has 2 heterocycles. The standard InChI is InChI=1S/C18H20N2O3S/c1-10-3-6-13(24-10)16(21)19-7-2-8-20-17(22)14-11-4-5-12(9-11)15(14)18(20)23/h3-6,11-12,14-15H,2,7-9H2,1H3,(H,19,21)/t11-,12-,14-,15-/m0/s1. The van der Waals surface area contributed by atoms with Crippen LogP contribution in [0.25, 0.3) is 0 Å². The van der Waals surface area contributed by atoms with Gasteiger partial charge in [-0.3, -0.25) is 19.3 Å². The van der Waals surface area contributed by atoms with E-state index < -0.39 is 0 Å². The Balaban J connectivity index is 1.29. The minimum absolute atomic E-state index is 0.0120. The molecule has 1 aromatic rings. The average Bonchev–Trinajstić information content (AvgIpc) is 3.31. The van der Waals surface area contributed by atoms with Crippen molar-refractivity contribution in [2.24, 2.45) is 23.7 Å². The number of hydrogen-bond acceptors (Lipinski definition) is 4. The molecule has 4 rings (SSSR count). The largest absolute Gasteiger partial charge is 0.351 e. The zero-order valence-electron chi connectivity index (χ0n) is 13.5. The molecular weight excluding hydrogens is 324 g/mol. The van der Waals surface area contributed by atoms with Gasteiger partial charge in [-0.1, -0.05) is 12.2 Å². The van der Waals surface area contributed by atoms with Crippen LogP contribution in [0.2, 0.25) is 0 Å². The fourth-order valence-electron chi connectivity index (χ4n) is 4.27. The molecule has 1 saturated heterocycles. The summed E-state index contributed by atoms with van der Waals surface area (Å²) < 4.78 is 0. The lowest BCUT2D eigenvalue weighted by atomic mass is 9.85. The lowest BCUT2D eigenvalue weighted by molar-refractivity contribution is -0.140. The average molecular weight is 344 g/mol. The van der Waals surface area contributed by atoms with E-state index in [1.54, 1.807) is 0 Å². The molecule has 3 aliphatic rings. The summed E-state index contributed by atoms with van der Waals surface area (Å²) in [6, 6.07) is 3.73. The summed E-state index contributed by atoms with van der Waals surface area (Å²) in [6.07, 6.45) is 5.75. The fourth-order valence-corrected chi connectivity index (χ4v) is 5.05. The molecule has 1 N–H and O–H groups in total. The number of carbonyl (C=O) groups is 3. The molecule has 0 spiro atoms. The van der Waals surface area contributed by atoms with E-state index in [1.165, 1.54) is 16.2 Å². The van der Waals surface area contributed by atoms with E-state index >= 15 is 0 Å². The number of hydrogen-bond donors (Lipinski definition) is 1. The molecule has 1 aromatic heterocycles. The summed E-state index contributed by atoms with van der Waals surface area (Å²) in [4.78, 5) is 40.2. The van der Waals surface area contributed by atoms with Crippen LogP contribution in [0.5, 0.6) is 0 Å². The van der Waals surface area contributed by atoms with Gasteiger partial charge in [-0.05, 0) is 43.7 Å². The molecule has 24 heavy (non-hydrogen) atoms. The summed E-state index contributed by atoms with van der Waals surface area (Å²) in [5, 5.41) is 2.86. The first kappa shape index (κ1) is 15.6. The van der Waals surface area contributed by atoms with E-state index in [1.807, 2.05) is 19.1 Å². The second-order valence-corrected chi connectivity index (χ2v) is 8.14. The molecule has 1 saturated carbocycles. The molecule has 2 bridgehead atoms. The zero-order chi connectivity index (χ0) is 16.8. The van der Waals surface area contributed by atoms with Crippen LogP contribution < -0.4 is 5.32 Å². The molecule has 0 radical (unpaired) electrons. The number of carbonyl (C=O) groups excluding carboxylic acids is 3. The van der Waals surface area contributed by atoms with E-state index in [9.17, 15) is 14.4 Å². The van der Waals surface area contributed by atoms with Crippen molar-refractivity contribution in [1.29, 1.82) is 0 Å². The van der Waals surface area contributed by atoms with E-state index in [4.69, 9.17) is 0 Å². The highest BCUT2D eigenvalue weighted by Crippen LogP contribution is 2.52. The number of fused-ring (bicyclic) bond motifs is 5. The van der Waals surface area contributed by atoms with Gasteiger partial charge in [0.1, 0.15) is 0 Å². The Morgan fingerprint density at radius 1 is 1.21 bits per heavy atom. The summed E-state index contributed by atoms with van der Waals surface area (Å²) in [7, 11) is 0. The molecule has 2 aliphatic carbocycles. The third kappa shape index (κ3) is 2.40. The van der Waals surface area contributed by atoms with Gasteiger partial charge < -0.3 is 5.32 Å². The number of aryl methyl sites for hydroxylation is 1. The maximum absolute atomic E-state index is 12.5. The Morgan fingerprint density at radius 3 is 2.46 bits per heavy atom. The first-order valence-electron chi connectivity index (χ1n) is 8.44. The van der Waals surface area contributed by atoms with Gasteiger partial charge in [0.25, 0.3) is 5.91 Å². The third-order valence-electron chi connectivity index (χ3n) is 5.37. The van der Waals surface area contributed by atoms with Crippen LogP contribution in [-0.4, -0.2) is 35.7 Å². The number of imide groups is 1. The molecule has 126 valence electrons. The van der Waals surface area contributed by atoms with Gasteiger partial charge in [0.15, 0.2) is 0 Å². The Hall–Kier alpha value is -1.95. The van der Waals surface area contributed by atoms with E-state index in [0.717, 1.165) is 11.3 Å². The lowest BCUT2D eigenvalue weighted by Gasteiger charge is -2.17. The first-order chi connectivity index (χ1) is 11.6. The second kappa shape index (κ2) is 5.84. The normalized spacial score (nSPS) is 30.3. The second-order valence-electron chi connectivity index (χ2n) is 6.85. The Kier molecular flexibility index (Phi) is 3.79. The first-order valence-corrected chi connectivity index (χ1v) is 9.26. The van der Waals surface area contributed by atoms with Crippen molar-refractivity contribution in [1.82, 2.24) is 10.2 Å². The van der Waals surface area contributed by atoms with E-state index in [2.05, 4.69) is 17.5 Å². The van der Waals surface area contributed by atoms with Gasteiger partial charge in [0.05, 0.1) is 16.7 Å². The molecule has 3 amide bonds. The van der Waals surface area contributed by atoms with Gasteiger partial charge in [0, 0.05) is 18.0 Å². The SMILES string of the molecule is Cc1ccc(C(=O)NCCCN2C(=O)[C@@H]3[C@@H](C2=O)[C@H]2C=C[C@H]3C2)s1. The highest BCUT2D eigenvalue weighted by atomic mass is 32.1. The van der Waals surface area contributed by atoms with Crippen molar-refractivity contribution < 1.29 is 14.4 Å². The van der Waals surface area contributed by atoms with Gasteiger partial charge in [-0.15, -0.1) is 11.3 Å². The number of nitrogens with zero attached hydrogens (tertiary/aromatic N) is 1. The smallest absolute Gasteiger partial charge is 0.261 e. The van der Waals surface area contributed by atoms with Gasteiger partial charge in [0.2, 0.25) is 11.8 Å². The third-order valence-corrected chi connectivity index (χ3v) is 6.37.